The lowest BCUT2D eigenvalue weighted by Crippen LogP contribution is -2.46. The van der Waals surface area contributed by atoms with Crippen LogP contribution in [0.15, 0.2) is 66.7 Å². The van der Waals surface area contributed by atoms with E-state index in [1.165, 1.54) is 4.90 Å². The molecule has 1 saturated heterocycles. The highest BCUT2D eigenvalue weighted by Gasteiger charge is 2.45. The maximum Gasteiger partial charge on any atom is 0.410 e. The molecule has 2 amide bonds. The second-order valence-electron chi connectivity index (χ2n) is 12.0. The van der Waals surface area contributed by atoms with Crippen LogP contribution in [0.2, 0.25) is 0 Å². The monoisotopic (exact) mass is 657 g/mol. The lowest BCUT2D eigenvalue weighted by molar-refractivity contribution is -0.117. The van der Waals surface area contributed by atoms with Crippen LogP contribution in [0, 0.1) is 11.7 Å². The Bertz CT molecular complexity index is 1700. The molecule has 9 nitrogen and oxygen atoms in total. The largest absolute Gasteiger partial charge is 0.487 e. The molecule has 0 bridgehead atoms. The third-order valence-electron chi connectivity index (χ3n) is 8.73. The fourth-order valence-electron chi connectivity index (χ4n) is 6.33. The van der Waals surface area contributed by atoms with Gasteiger partial charge in [-0.3, -0.25) is 4.79 Å². The summed E-state index contributed by atoms with van der Waals surface area (Å²) in [7, 11) is -4.38. The second-order valence-corrected chi connectivity index (χ2v) is 13.6. The van der Waals surface area contributed by atoms with Crippen LogP contribution in [0.5, 0.6) is 5.75 Å². The molecule has 244 valence electrons. The highest BCUT2D eigenvalue weighted by atomic mass is 32.2. The molecule has 3 aromatic carbocycles. The van der Waals surface area contributed by atoms with Gasteiger partial charge in [-0.15, -0.1) is 0 Å². The fraction of sp³-hybridized carbons (Fsp3) is 0.394. The summed E-state index contributed by atoms with van der Waals surface area (Å²) in [5.41, 5.74) is 1.95. The van der Waals surface area contributed by atoms with Gasteiger partial charge < -0.3 is 14.4 Å². The minimum atomic E-state index is -4.38. The normalized spacial score (nSPS) is 19.9. The first-order chi connectivity index (χ1) is 22.0. The van der Waals surface area contributed by atoms with E-state index in [-0.39, 0.29) is 61.9 Å². The highest BCUT2D eigenvalue weighted by molar-refractivity contribution is 7.92. The number of hydrogen-bond acceptors (Lipinski definition) is 6. The summed E-state index contributed by atoms with van der Waals surface area (Å²) in [6.45, 7) is -0.423. The van der Waals surface area contributed by atoms with E-state index in [1.54, 1.807) is 6.07 Å². The van der Waals surface area contributed by atoms with E-state index in [1.807, 2.05) is 65.4 Å². The Balaban J connectivity index is 1.28. The zero-order chi connectivity index (χ0) is 32.5. The van der Waals surface area contributed by atoms with E-state index in [9.17, 15) is 26.8 Å². The van der Waals surface area contributed by atoms with Crippen molar-refractivity contribution in [1.82, 2.24) is 9.62 Å². The first-order valence-corrected chi connectivity index (χ1v) is 16.6. The summed E-state index contributed by atoms with van der Waals surface area (Å²) in [6, 6.07) is 19.2. The van der Waals surface area contributed by atoms with Crippen LogP contribution in [0.3, 0.4) is 0 Å². The van der Waals surface area contributed by atoms with Crippen LogP contribution in [-0.4, -0.2) is 50.4 Å². The molecule has 1 heterocycles. The standard InChI is InChI=1S/C33H34F3N3O6S/c34-30-27-16-26(38(14-13-24-17-33(35,36)18-24)32(41)45-21-23-9-5-2-6-10-23)12-11-25(27)15-28(44-20-22-7-3-1-4-8-22)31(30)39-19-29(40)37-46(39,42)43/h1-10,15,24,26H,11-14,16-21H2,(H,37,40)/t26-/m1/s1. The summed E-state index contributed by atoms with van der Waals surface area (Å²) < 4.78 is 83.5. The molecular formula is C33H34F3N3O6S. The summed E-state index contributed by atoms with van der Waals surface area (Å²) in [4.78, 5) is 27.0. The number of rotatable bonds is 10. The lowest BCUT2D eigenvalue weighted by atomic mass is 9.79. The maximum atomic E-state index is 16.6. The first-order valence-electron chi connectivity index (χ1n) is 15.2. The Kier molecular flexibility index (Phi) is 8.86. The van der Waals surface area contributed by atoms with Gasteiger partial charge in [0.2, 0.25) is 5.92 Å². The van der Waals surface area contributed by atoms with Gasteiger partial charge in [-0.1, -0.05) is 60.7 Å². The Hall–Kier alpha value is -4.26. The van der Waals surface area contributed by atoms with E-state index in [0.717, 1.165) is 11.1 Å². The summed E-state index contributed by atoms with van der Waals surface area (Å²) >= 11 is 0. The van der Waals surface area contributed by atoms with Gasteiger partial charge in [0, 0.05) is 25.4 Å². The fourth-order valence-corrected chi connectivity index (χ4v) is 7.49. The van der Waals surface area contributed by atoms with Crippen molar-refractivity contribution < 1.29 is 40.7 Å². The Morgan fingerprint density at radius 3 is 2.28 bits per heavy atom. The van der Waals surface area contributed by atoms with E-state index in [0.29, 0.717) is 29.1 Å². The number of benzene rings is 3. The number of nitrogens with one attached hydrogen (secondary N) is 1. The molecule has 6 rings (SSSR count). The third-order valence-corrected chi connectivity index (χ3v) is 10.1. The minimum absolute atomic E-state index is 0.00938. The molecule has 3 aliphatic rings. The number of aryl methyl sites for hydroxylation is 1. The number of halogens is 3. The van der Waals surface area contributed by atoms with Crippen LogP contribution in [0.25, 0.3) is 0 Å². The molecule has 0 unspecified atom stereocenters. The van der Waals surface area contributed by atoms with E-state index >= 15 is 4.39 Å². The van der Waals surface area contributed by atoms with E-state index in [4.69, 9.17) is 9.47 Å². The maximum absolute atomic E-state index is 16.6. The smallest absolute Gasteiger partial charge is 0.410 e. The van der Waals surface area contributed by atoms with Crippen molar-refractivity contribution in [1.29, 1.82) is 0 Å². The van der Waals surface area contributed by atoms with Gasteiger partial charge in [-0.2, -0.15) is 8.42 Å². The van der Waals surface area contributed by atoms with Gasteiger partial charge in [0.05, 0.1) is 0 Å². The van der Waals surface area contributed by atoms with E-state index in [2.05, 4.69) is 0 Å². The average molecular weight is 658 g/mol. The molecule has 1 atom stereocenters. The molecule has 2 fully saturated rings. The average Bonchev–Trinajstić information content (AvgIpc) is 3.30. The number of carbonyl (C=O) groups excluding carboxylic acids is 2. The summed E-state index contributed by atoms with van der Waals surface area (Å²) in [5, 5.41) is 0. The molecule has 1 aliphatic heterocycles. The van der Waals surface area contributed by atoms with E-state index < -0.39 is 46.5 Å². The number of nitrogens with zero attached hydrogens (tertiary/aromatic N) is 2. The zero-order valence-corrected chi connectivity index (χ0v) is 25.8. The van der Waals surface area contributed by atoms with Crippen LogP contribution >= 0.6 is 0 Å². The summed E-state index contributed by atoms with van der Waals surface area (Å²) in [6.07, 6.45) is 0.0365. The van der Waals surface area contributed by atoms with Crippen molar-refractivity contribution in [3.63, 3.8) is 0 Å². The molecular weight excluding hydrogens is 623 g/mol. The van der Waals surface area contributed by atoms with Gasteiger partial charge >= 0.3 is 16.3 Å². The van der Waals surface area contributed by atoms with Gasteiger partial charge in [-0.05, 0) is 59.9 Å². The lowest BCUT2D eigenvalue weighted by Gasteiger charge is -2.39. The zero-order valence-electron chi connectivity index (χ0n) is 25.0. The molecule has 1 saturated carbocycles. The minimum Gasteiger partial charge on any atom is -0.487 e. The second kappa shape index (κ2) is 12.9. The highest BCUT2D eigenvalue weighted by Crippen LogP contribution is 2.45. The number of amides is 2. The van der Waals surface area contributed by atoms with Gasteiger partial charge in [0.15, 0.2) is 5.82 Å². The molecule has 2 aliphatic carbocycles. The number of ether oxygens (including phenoxy) is 2. The van der Waals surface area contributed by atoms with Crippen molar-refractivity contribution >= 4 is 27.9 Å². The molecule has 1 N–H and O–H groups in total. The number of anilines is 1. The van der Waals surface area contributed by atoms with Crippen molar-refractivity contribution in [3.8, 4) is 5.75 Å². The third kappa shape index (κ3) is 6.93. The molecule has 13 heteroatoms. The van der Waals surface area contributed by atoms with Gasteiger partial charge in [0.1, 0.15) is 31.2 Å². The SMILES string of the molecule is O=C1CN(c2c(OCc3ccccc3)cc3c(c2F)C[C@H](N(CCC2CC(F)(F)C2)C(=O)OCc2ccccc2)CC3)S(=O)(=O)N1. The Morgan fingerprint density at radius 1 is 1.02 bits per heavy atom. The quantitative estimate of drug-likeness (QED) is 0.308. The molecule has 0 spiro atoms. The Labute approximate surface area is 265 Å². The number of carbonyl (C=O) groups is 2. The Morgan fingerprint density at radius 2 is 1.67 bits per heavy atom. The number of fused-ring (bicyclic) bond motifs is 1. The first kappa shape index (κ1) is 31.7. The van der Waals surface area contributed by atoms with Crippen LogP contribution in [0.1, 0.15) is 47.9 Å². The van der Waals surface area contributed by atoms with Gasteiger partial charge in [-0.25, -0.2) is 27.0 Å². The van der Waals surface area contributed by atoms with Crippen molar-refractivity contribution in [2.75, 3.05) is 17.4 Å². The van der Waals surface area contributed by atoms with Crippen LogP contribution in [-0.2, 0) is 45.8 Å². The van der Waals surface area contributed by atoms with Crippen LogP contribution in [0.4, 0.5) is 23.7 Å². The van der Waals surface area contributed by atoms with Crippen molar-refractivity contribution in [3.05, 3.63) is 94.8 Å². The molecule has 0 aromatic heterocycles. The van der Waals surface area contributed by atoms with Crippen molar-refractivity contribution in [2.45, 2.75) is 63.7 Å². The predicted octanol–water partition coefficient (Wildman–Crippen LogP) is 5.52. The van der Waals surface area contributed by atoms with Crippen LogP contribution < -0.4 is 13.8 Å². The summed E-state index contributed by atoms with van der Waals surface area (Å²) in [5.74, 6) is -4.63. The molecule has 46 heavy (non-hydrogen) atoms. The topological polar surface area (TPSA) is 105 Å². The molecule has 3 aromatic rings. The van der Waals surface area contributed by atoms with Crippen molar-refractivity contribution in [2.24, 2.45) is 5.92 Å². The predicted molar refractivity (Wildman–Crippen MR) is 163 cm³/mol. The number of alkyl halides is 2. The number of hydrogen-bond donors (Lipinski definition) is 1. The van der Waals surface area contributed by atoms with Gasteiger partial charge in [0.25, 0.3) is 5.91 Å². The molecule has 0 radical (unpaired) electrons.